The molecular weight excluding hydrogens is 403 g/mol. The van der Waals surface area contributed by atoms with Gasteiger partial charge in [-0.1, -0.05) is 6.07 Å². The highest BCUT2D eigenvalue weighted by Gasteiger charge is 2.37. The molecule has 27 heavy (non-hydrogen) atoms. The minimum absolute atomic E-state index is 0.104. The van der Waals surface area contributed by atoms with Gasteiger partial charge in [0, 0.05) is 5.56 Å². The Hall–Kier alpha value is -2.14. The first kappa shape index (κ1) is 19.6. The standard InChI is InChI=1S/C17H14F3NO4S2/c18-17(19,20)12-3-1-4-14(9-12)27(23,24)21-11-16(22,13-6-8-26-10-13)15-5-2-7-25-15/h1-10,21-22H,11H2. The number of sulfonamides is 1. The molecule has 0 saturated heterocycles. The Balaban J connectivity index is 1.90. The number of thiophene rings is 1. The first-order chi connectivity index (χ1) is 12.6. The van der Waals surface area contributed by atoms with E-state index in [0.717, 1.165) is 18.2 Å². The van der Waals surface area contributed by atoms with E-state index in [9.17, 15) is 26.7 Å². The molecule has 0 bridgehead atoms. The summed E-state index contributed by atoms with van der Waals surface area (Å²) in [7, 11) is -4.31. The van der Waals surface area contributed by atoms with Crippen molar-refractivity contribution in [2.45, 2.75) is 16.7 Å². The third kappa shape index (κ3) is 4.08. The lowest BCUT2D eigenvalue weighted by Gasteiger charge is -2.25. The molecule has 2 heterocycles. The number of nitrogens with one attached hydrogen (secondary N) is 1. The molecule has 1 unspecified atom stereocenters. The molecule has 0 aliphatic carbocycles. The molecule has 2 aromatic heterocycles. The number of hydrogen-bond acceptors (Lipinski definition) is 5. The molecule has 0 radical (unpaired) electrons. The van der Waals surface area contributed by atoms with Gasteiger partial charge >= 0.3 is 6.18 Å². The number of halogens is 3. The van der Waals surface area contributed by atoms with E-state index in [4.69, 9.17) is 4.42 Å². The van der Waals surface area contributed by atoms with Gasteiger partial charge in [0.1, 0.15) is 5.76 Å². The predicted octanol–water partition coefficient (Wildman–Crippen LogP) is 3.57. The normalized spacial score (nSPS) is 14.8. The van der Waals surface area contributed by atoms with Gasteiger partial charge in [0.25, 0.3) is 0 Å². The van der Waals surface area contributed by atoms with Gasteiger partial charge in [-0.2, -0.15) is 24.5 Å². The Labute approximate surface area is 157 Å². The van der Waals surface area contributed by atoms with Crippen molar-refractivity contribution < 1.29 is 31.1 Å². The molecule has 1 atom stereocenters. The molecule has 144 valence electrons. The lowest BCUT2D eigenvalue weighted by molar-refractivity contribution is -0.137. The van der Waals surface area contributed by atoms with Crippen molar-refractivity contribution in [1.29, 1.82) is 0 Å². The van der Waals surface area contributed by atoms with Crippen molar-refractivity contribution in [3.05, 3.63) is 76.4 Å². The van der Waals surface area contributed by atoms with E-state index >= 15 is 0 Å². The zero-order chi connectivity index (χ0) is 19.7. The molecule has 0 spiro atoms. The predicted molar refractivity (Wildman–Crippen MR) is 92.7 cm³/mol. The van der Waals surface area contributed by atoms with Crippen LogP contribution in [0.5, 0.6) is 0 Å². The summed E-state index contributed by atoms with van der Waals surface area (Å²) in [5.41, 5.74) is -2.49. The fraction of sp³-hybridized carbons (Fsp3) is 0.176. The van der Waals surface area contributed by atoms with Crippen molar-refractivity contribution in [2.75, 3.05) is 6.54 Å². The van der Waals surface area contributed by atoms with Crippen molar-refractivity contribution in [2.24, 2.45) is 0 Å². The maximum absolute atomic E-state index is 12.8. The highest BCUT2D eigenvalue weighted by atomic mass is 32.2. The van der Waals surface area contributed by atoms with E-state index in [1.807, 2.05) is 0 Å². The van der Waals surface area contributed by atoms with Crippen LogP contribution >= 0.6 is 11.3 Å². The molecule has 0 saturated carbocycles. The molecule has 0 fully saturated rings. The summed E-state index contributed by atoms with van der Waals surface area (Å²) in [5.74, 6) is 0.104. The number of furan rings is 1. The lowest BCUT2D eigenvalue weighted by Crippen LogP contribution is -2.41. The van der Waals surface area contributed by atoms with Crippen LogP contribution in [-0.4, -0.2) is 20.1 Å². The Kier molecular flexibility index (Phi) is 5.17. The van der Waals surface area contributed by atoms with Gasteiger partial charge in [0.05, 0.1) is 23.3 Å². The number of alkyl halides is 3. The second kappa shape index (κ2) is 7.12. The van der Waals surface area contributed by atoms with E-state index in [-0.39, 0.29) is 5.76 Å². The maximum atomic E-state index is 12.8. The van der Waals surface area contributed by atoms with Gasteiger partial charge in [0.2, 0.25) is 10.0 Å². The summed E-state index contributed by atoms with van der Waals surface area (Å²) in [4.78, 5) is -0.551. The fourth-order valence-corrected chi connectivity index (χ4v) is 4.30. The van der Waals surface area contributed by atoms with Crippen molar-refractivity contribution >= 4 is 21.4 Å². The van der Waals surface area contributed by atoms with Gasteiger partial charge < -0.3 is 9.52 Å². The third-order valence-corrected chi connectivity index (χ3v) is 6.00. The van der Waals surface area contributed by atoms with Gasteiger partial charge in [-0.25, -0.2) is 13.1 Å². The first-order valence-electron chi connectivity index (χ1n) is 7.59. The summed E-state index contributed by atoms with van der Waals surface area (Å²) in [6.45, 7) is -0.518. The van der Waals surface area contributed by atoms with Crippen LogP contribution in [0.15, 0.2) is 68.8 Å². The second-order valence-electron chi connectivity index (χ2n) is 5.70. The van der Waals surface area contributed by atoms with Gasteiger partial charge in [-0.15, -0.1) is 0 Å². The Morgan fingerprint density at radius 2 is 1.89 bits per heavy atom. The Morgan fingerprint density at radius 1 is 1.11 bits per heavy atom. The quantitative estimate of drug-likeness (QED) is 0.643. The lowest BCUT2D eigenvalue weighted by atomic mass is 9.94. The minimum Gasteiger partial charge on any atom is -0.466 e. The molecule has 10 heteroatoms. The van der Waals surface area contributed by atoms with Crippen LogP contribution in [0, 0.1) is 0 Å². The SMILES string of the molecule is O=S(=O)(NCC(O)(c1ccsc1)c1ccco1)c1cccc(C(F)(F)F)c1. The highest BCUT2D eigenvalue weighted by molar-refractivity contribution is 7.89. The molecule has 0 aliphatic rings. The van der Waals surface area contributed by atoms with Crippen LogP contribution in [0.3, 0.4) is 0 Å². The summed E-state index contributed by atoms with van der Waals surface area (Å²) in [6, 6.07) is 8.00. The molecule has 2 N–H and O–H groups in total. The van der Waals surface area contributed by atoms with Crippen LogP contribution in [0.25, 0.3) is 0 Å². The van der Waals surface area contributed by atoms with Crippen molar-refractivity contribution in [3.63, 3.8) is 0 Å². The number of rotatable bonds is 6. The zero-order valence-electron chi connectivity index (χ0n) is 13.6. The Morgan fingerprint density at radius 3 is 2.48 bits per heavy atom. The van der Waals surface area contributed by atoms with Gasteiger partial charge in [-0.3, -0.25) is 0 Å². The third-order valence-electron chi connectivity index (χ3n) is 3.92. The average molecular weight is 417 g/mol. The number of aliphatic hydroxyl groups is 1. The maximum Gasteiger partial charge on any atom is 0.416 e. The van der Waals surface area contributed by atoms with Gasteiger partial charge in [0.15, 0.2) is 5.60 Å². The molecule has 1 aromatic carbocycles. The van der Waals surface area contributed by atoms with Crippen molar-refractivity contribution in [1.82, 2.24) is 4.72 Å². The summed E-state index contributed by atoms with van der Waals surface area (Å²) >= 11 is 1.29. The monoisotopic (exact) mass is 417 g/mol. The molecular formula is C17H14F3NO4S2. The van der Waals surface area contributed by atoms with E-state index in [2.05, 4.69) is 4.72 Å². The summed E-state index contributed by atoms with van der Waals surface area (Å²) in [6.07, 6.45) is -3.34. The van der Waals surface area contributed by atoms with Crippen LogP contribution in [-0.2, 0) is 21.8 Å². The van der Waals surface area contributed by atoms with E-state index in [1.54, 1.807) is 16.8 Å². The highest BCUT2D eigenvalue weighted by Crippen LogP contribution is 2.32. The molecule has 3 rings (SSSR count). The fourth-order valence-electron chi connectivity index (χ4n) is 2.47. The summed E-state index contributed by atoms with van der Waals surface area (Å²) < 4.78 is 70.9. The number of benzene rings is 1. The Bertz CT molecular complexity index is 963. The largest absolute Gasteiger partial charge is 0.466 e. The van der Waals surface area contributed by atoms with Crippen LogP contribution in [0.1, 0.15) is 16.9 Å². The van der Waals surface area contributed by atoms with E-state index in [1.165, 1.54) is 29.7 Å². The molecule has 0 aliphatic heterocycles. The molecule has 0 amide bonds. The van der Waals surface area contributed by atoms with Gasteiger partial charge in [-0.05, 0) is 47.2 Å². The average Bonchev–Trinajstić information content (AvgIpc) is 3.33. The first-order valence-corrected chi connectivity index (χ1v) is 10.0. The molecule has 5 nitrogen and oxygen atoms in total. The van der Waals surface area contributed by atoms with Crippen molar-refractivity contribution in [3.8, 4) is 0 Å². The molecule has 3 aromatic rings. The van der Waals surface area contributed by atoms with Crippen LogP contribution in [0.4, 0.5) is 13.2 Å². The van der Waals surface area contributed by atoms with Crippen LogP contribution in [0.2, 0.25) is 0 Å². The van der Waals surface area contributed by atoms with Crippen LogP contribution < -0.4 is 4.72 Å². The van der Waals surface area contributed by atoms with E-state index in [0.29, 0.717) is 11.6 Å². The second-order valence-corrected chi connectivity index (χ2v) is 8.25. The number of hydrogen-bond donors (Lipinski definition) is 2. The topological polar surface area (TPSA) is 79.5 Å². The minimum atomic E-state index is -4.67. The van der Waals surface area contributed by atoms with E-state index < -0.39 is 38.8 Å². The zero-order valence-corrected chi connectivity index (χ0v) is 15.2. The smallest absolute Gasteiger partial charge is 0.416 e. The summed E-state index contributed by atoms with van der Waals surface area (Å²) in [5, 5.41) is 14.4.